The lowest BCUT2D eigenvalue weighted by atomic mass is 9.81. The average Bonchev–Trinajstić information content (AvgIpc) is 3.33. The molecule has 1 unspecified atom stereocenters. The minimum Gasteiger partial charge on any atom is -0.361 e. The van der Waals surface area contributed by atoms with Crippen LogP contribution in [0.15, 0.2) is 60.7 Å². The zero-order chi connectivity index (χ0) is 22.3. The minimum absolute atomic E-state index is 0.224. The van der Waals surface area contributed by atoms with Crippen molar-refractivity contribution in [3.05, 3.63) is 88.2 Å². The summed E-state index contributed by atoms with van der Waals surface area (Å²) in [6, 6.07) is 19.9. The summed E-state index contributed by atoms with van der Waals surface area (Å²) in [4.78, 5) is 6.84. The summed E-state index contributed by atoms with van der Waals surface area (Å²) in [6.07, 6.45) is 1.85. The lowest BCUT2D eigenvalue weighted by Crippen LogP contribution is -2.28. The van der Waals surface area contributed by atoms with Gasteiger partial charge in [-0.2, -0.15) is 0 Å². The van der Waals surface area contributed by atoms with Crippen LogP contribution < -0.4 is 0 Å². The van der Waals surface area contributed by atoms with E-state index in [0.29, 0.717) is 6.61 Å². The van der Waals surface area contributed by atoms with Crippen LogP contribution in [0.5, 0.6) is 0 Å². The molecule has 0 spiro atoms. The topological polar surface area (TPSA) is 25.4 Å². The van der Waals surface area contributed by atoms with E-state index in [1.54, 1.807) is 11.3 Å². The number of halogens is 1. The summed E-state index contributed by atoms with van der Waals surface area (Å²) in [7, 11) is 4.17. The second kappa shape index (κ2) is 8.39. The fourth-order valence-electron chi connectivity index (χ4n) is 4.74. The molecule has 3 aromatic carbocycles. The number of rotatable bonds is 6. The van der Waals surface area contributed by atoms with Crippen LogP contribution in [0.4, 0.5) is 4.39 Å². The lowest BCUT2D eigenvalue weighted by Gasteiger charge is -2.31. The largest absolute Gasteiger partial charge is 0.361 e. The summed E-state index contributed by atoms with van der Waals surface area (Å²) in [6.45, 7) is 3.58. The molecule has 0 fully saturated rings. The fraction of sp³-hybridized carbons (Fsp3) is 0.296. The molecule has 2 heterocycles. The molecule has 1 aliphatic heterocycles. The third kappa shape index (κ3) is 3.85. The number of thiazole rings is 1. The van der Waals surface area contributed by atoms with Crippen molar-refractivity contribution in [2.45, 2.75) is 32.0 Å². The monoisotopic (exact) mass is 446 g/mol. The molecule has 3 nitrogen and oxygen atoms in total. The van der Waals surface area contributed by atoms with Crippen LogP contribution in [0.2, 0.25) is 0 Å². The van der Waals surface area contributed by atoms with Crippen LogP contribution >= 0.6 is 11.3 Å². The molecule has 0 N–H and O–H groups in total. The molecule has 1 aromatic heterocycles. The molecule has 1 aliphatic rings. The van der Waals surface area contributed by atoms with Gasteiger partial charge in [0.2, 0.25) is 0 Å². The summed E-state index contributed by atoms with van der Waals surface area (Å²) < 4.78 is 21.4. The average molecular weight is 447 g/mol. The van der Waals surface area contributed by atoms with E-state index in [-0.39, 0.29) is 5.82 Å². The van der Waals surface area contributed by atoms with Gasteiger partial charge in [0.25, 0.3) is 0 Å². The van der Waals surface area contributed by atoms with Crippen molar-refractivity contribution < 1.29 is 9.13 Å². The summed E-state index contributed by atoms with van der Waals surface area (Å²) in [5, 5.41) is 1.08. The molecule has 32 heavy (non-hydrogen) atoms. The van der Waals surface area contributed by atoms with Gasteiger partial charge in [-0.15, -0.1) is 11.3 Å². The van der Waals surface area contributed by atoms with Gasteiger partial charge in [0, 0.05) is 0 Å². The molecule has 0 saturated carbocycles. The number of hydrogen-bond acceptors (Lipinski definition) is 4. The summed E-state index contributed by atoms with van der Waals surface area (Å²) >= 11 is 1.72. The van der Waals surface area contributed by atoms with Crippen molar-refractivity contribution in [1.82, 2.24) is 9.88 Å². The standard InChI is InChI=1S/C27H27FN2OS/c1-18-29-25-16-20(6-12-26(25)32-18)19-5-11-24-21(15-19)17-31-27(24,13-4-14-30(2)3)22-7-9-23(28)10-8-22/h5-12,15-16H,4,13-14,17H2,1-3H3. The van der Waals surface area contributed by atoms with Gasteiger partial charge in [-0.25, -0.2) is 9.37 Å². The first-order chi connectivity index (χ1) is 15.4. The predicted molar refractivity (Wildman–Crippen MR) is 130 cm³/mol. The van der Waals surface area contributed by atoms with E-state index < -0.39 is 5.60 Å². The molecule has 164 valence electrons. The molecule has 1 atom stereocenters. The van der Waals surface area contributed by atoms with Crippen molar-refractivity contribution in [3.63, 3.8) is 0 Å². The van der Waals surface area contributed by atoms with Crippen LogP contribution in [-0.2, 0) is 16.9 Å². The van der Waals surface area contributed by atoms with Crippen molar-refractivity contribution in [1.29, 1.82) is 0 Å². The maximum absolute atomic E-state index is 13.7. The van der Waals surface area contributed by atoms with Gasteiger partial charge < -0.3 is 9.64 Å². The Kier molecular flexibility index (Phi) is 5.58. The van der Waals surface area contributed by atoms with Crippen LogP contribution in [0, 0.1) is 12.7 Å². The Morgan fingerprint density at radius 1 is 1.03 bits per heavy atom. The van der Waals surface area contributed by atoms with E-state index in [0.717, 1.165) is 41.0 Å². The van der Waals surface area contributed by atoms with E-state index >= 15 is 0 Å². The van der Waals surface area contributed by atoms with E-state index in [1.165, 1.54) is 33.5 Å². The number of hydrogen-bond donors (Lipinski definition) is 0. The van der Waals surface area contributed by atoms with Crippen molar-refractivity contribution in [2.75, 3.05) is 20.6 Å². The zero-order valence-electron chi connectivity index (χ0n) is 18.7. The fourth-order valence-corrected chi connectivity index (χ4v) is 5.55. The molecule has 0 bridgehead atoms. The number of aromatic nitrogens is 1. The first kappa shape index (κ1) is 21.3. The van der Waals surface area contributed by atoms with Crippen LogP contribution in [0.1, 0.15) is 34.5 Å². The predicted octanol–water partition coefficient (Wildman–Crippen LogP) is 6.53. The Balaban J connectivity index is 1.53. The van der Waals surface area contributed by atoms with Gasteiger partial charge in [0.05, 0.1) is 21.8 Å². The van der Waals surface area contributed by atoms with Crippen molar-refractivity contribution in [3.8, 4) is 11.1 Å². The normalized spacial score (nSPS) is 17.9. The quantitative estimate of drug-likeness (QED) is 0.337. The van der Waals surface area contributed by atoms with Gasteiger partial charge >= 0.3 is 0 Å². The van der Waals surface area contributed by atoms with Gasteiger partial charge in [-0.05, 0) is 98.6 Å². The van der Waals surface area contributed by atoms with Gasteiger partial charge in [0.15, 0.2) is 0 Å². The lowest BCUT2D eigenvalue weighted by molar-refractivity contribution is -0.0140. The zero-order valence-corrected chi connectivity index (χ0v) is 19.5. The smallest absolute Gasteiger partial charge is 0.123 e. The van der Waals surface area contributed by atoms with Crippen LogP contribution in [0.25, 0.3) is 21.3 Å². The second-order valence-electron chi connectivity index (χ2n) is 8.82. The maximum atomic E-state index is 13.7. The van der Waals surface area contributed by atoms with Crippen molar-refractivity contribution >= 4 is 21.6 Å². The minimum atomic E-state index is -0.534. The highest BCUT2D eigenvalue weighted by atomic mass is 32.1. The van der Waals surface area contributed by atoms with E-state index in [9.17, 15) is 4.39 Å². The molecule has 5 rings (SSSR count). The van der Waals surface area contributed by atoms with Crippen LogP contribution in [0.3, 0.4) is 0 Å². The van der Waals surface area contributed by atoms with Crippen molar-refractivity contribution in [2.24, 2.45) is 0 Å². The van der Waals surface area contributed by atoms with Gasteiger partial charge in [-0.1, -0.05) is 30.3 Å². The number of nitrogens with zero attached hydrogens (tertiary/aromatic N) is 2. The molecule has 0 aliphatic carbocycles. The second-order valence-corrected chi connectivity index (χ2v) is 10.1. The van der Waals surface area contributed by atoms with E-state index in [2.05, 4.69) is 60.4 Å². The Labute approximate surface area is 192 Å². The van der Waals surface area contributed by atoms with Gasteiger partial charge in [-0.3, -0.25) is 0 Å². The van der Waals surface area contributed by atoms with E-state index in [4.69, 9.17) is 4.74 Å². The molecule has 0 amide bonds. The molecular formula is C27H27FN2OS. The first-order valence-electron chi connectivity index (χ1n) is 11.0. The maximum Gasteiger partial charge on any atom is 0.123 e. The van der Waals surface area contributed by atoms with E-state index in [1.807, 2.05) is 19.1 Å². The first-order valence-corrected chi connectivity index (χ1v) is 11.8. The molecule has 0 radical (unpaired) electrons. The molecule has 5 heteroatoms. The number of benzene rings is 3. The Bertz CT molecular complexity index is 1260. The highest BCUT2D eigenvalue weighted by Crippen LogP contribution is 2.46. The highest BCUT2D eigenvalue weighted by molar-refractivity contribution is 7.18. The Morgan fingerprint density at radius 2 is 1.78 bits per heavy atom. The number of fused-ring (bicyclic) bond motifs is 2. The molecular weight excluding hydrogens is 419 g/mol. The number of ether oxygens (including phenoxy) is 1. The highest BCUT2D eigenvalue weighted by Gasteiger charge is 2.41. The summed E-state index contributed by atoms with van der Waals surface area (Å²) in [5.74, 6) is -0.224. The third-order valence-electron chi connectivity index (χ3n) is 6.29. The van der Waals surface area contributed by atoms with Gasteiger partial charge in [0.1, 0.15) is 11.4 Å². The molecule has 4 aromatic rings. The Morgan fingerprint density at radius 3 is 2.56 bits per heavy atom. The Hall–Kier alpha value is -2.60. The number of aryl methyl sites for hydroxylation is 1. The summed E-state index contributed by atoms with van der Waals surface area (Å²) in [5.41, 5.74) is 6.26. The SMILES string of the molecule is Cc1nc2cc(-c3ccc4c(c3)COC4(CCCN(C)C)c3ccc(F)cc3)ccc2s1. The molecule has 0 saturated heterocycles. The third-order valence-corrected chi connectivity index (χ3v) is 7.24. The van der Waals surface area contributed by atoms with Crippen LogP contribution in [-0.4, -0.2) is 30.5 Å².